The van der Waals surface area contributed by atoms with E-state index in [-0.39, 0.29) is 0 Å². The van der Waals surface area contributed by atoms with Crippen molar-refractivity contribution < 1.29 is 4.74 Å². The third-order valence-corrected chi connectivity index (χ3v) is 2.51. The summed E-state index contributed by atoms with van der Waals surface area (Å²) < 4.78 is 5.70. The topological polar surface area (TPSA) is 21.3 Å². The molecule has 0 aliphatic rings. The lowest BCUT2D eigenvalue weighted by molar-refractivity contribution is 0.347. The minimum absolute atomic E-state index is 0.482. The molecule has 2 heteroatoms. The Labute approximate surface area is 105 Å². The van der Waals surface area contributed by atoms with Gasteiger partial charge in [-0.3, -0.25) is 0 Å². The Morgan fingerprint density at radius 2 is 2.18 bits per heavy atom. The van der Waals surface area contributed by atoms with Gasteiger partial charge >= 0.3 is 0 Å². The van der Waals surface area contributed by atoms with Gasteiger partial charge in [-0.15, -0.1) is 0 Å². The van der Waals surface area contributed by atoms with Gasteiger partial charge in [0.05, 0.1) is 0 Å². The van der Waals surface area contributed by atoms with Crippen LogP contribution in [0.1, 0.15) is 26.3 Å². The van der Waals surface area contributed by atoms with Crippen molar-refractivity contribution in [1.82, 2.24) is 5.32 Å². The molecule has 1 N–H and O–H groups in total. The molecule has 0 unspecified atom stereocenters. The molecule has 2 nitrogen and oxygen atoms in total. The Morgan fingerprint density at radius 1 is 1.41 bits per heavy atom. The minimum Gasteiger partial charge on any atom is -0.489 e. The van der Waals surface area contributed by atoms with E-state index in [1.165, 1.54) is 5.56 Å². The average Bonchev–Trinajstić information content (AvgIpc) is 2.34. The maximum Gasteiger partial charge on any atom is 0.120 e. The fourth-order valence-corrected chi connectivity index (χ4v) is 1.44. The predicted molar refractivity (Wildman–Crippen MR) is 73.6 cm³/mol. The van der Waals surface area contributed by atoms with Crippen LogP contribution in [0.2, 0.25) is 0 Å². The Hall–Kier alpha value is -1.28. The van der Waals surface area contributed by atoms with Gasteiger partial charge in [-0.25, -0.2) is 0 Å². The van der Waals surface area contributed by atoms with E-state index in [4.69, 9.17) is 4.74 Å². The van der Waals surface area contributed by atoms with Gasteiger partial charge in [0.25, 0.3) is 0 Å². The summed E-state index contributed by atoms with van der Waals surface area (Å²) in [6.07, 6.45) is 1.03. The molecule has 0 amide bonds. The second-order valence-corrected chi connectivity index (χ2v) is 4.58. The maximum absolute atomic E-state index is 5.70. The highest BCUT2D eigenvalue weighted by Crippen LogP contribution is 2.14. The highest BCUT2D eigenvalue weighted by atomic mass is 16.5. The van der Waals surface area contributed by atoms with Crippen LogP contribution in [0.4, 0.5) is 0 Å². The summed E-state index contributed by atoms with van der Waals surface area (Å²) in [5, 5.41) is 3.32. The third kappa shape index (κ3) is 5.55. The predicted octanol–water partition coefficient (Wildman–Crippen LogP) is 3.18. The fourth-order valence-electron chi connectivity index (χ4n) is 1.44. The summed E-state index contributed by atoms with van der Waals surface area (Å²) in [4.78, 5) is 0. The molecule has 0 aromatic heterocycles. The normalized spacial score (nSPS) is 10.6. The highest BCUT2D eigenvalue weighted by molar-refractivity contribution is 5.28. The van der Waals surface area contributed by atoms with Crippen LogP contribution in [0, 0.1) is 0 Å². The summed E-state index contributed by atoms with van der Waals surface area (Å²) in [6.45, 7) is 11.8. The first-order valence-corrected chi connectivity index (χ1v) is 6.23. The molecule has 1 rings (SSSR count). The summed E-state index contributed by atoms with van der Waals surface area (Å²) in [5.74, 6) is 0.926. The Morgan fingerprint density at radius 3 is 2.82 bits per heavy atom. The molecule has 1 aromatic carbocycles. The van der Waals surface area contributed by atoms with E-state index in [1.54, 1.807) is 0 Å². The zero-order chi connectivity index (χ0) is 12.7. The monoisotopic (exact) mass is 233 g/mol. The lowest BCUT2D eigenvalue weighted by Gasteiger charge is -2.12. The second-order valence-electron chi connectivity index (χ2n) is 4.58. The van der Waals surface area contributed by atoms with Crippen molar-refractivity contribution in [1.29, 1.82) is 0 Å². The molecule has 0 saturated heterocycles. The lowest BCUT2D eigenvalue weighted by Crippen LogP contribution is -2.26. The van der Waals surface area contributed by atoms with Crippen molar-refractivity contribution in [2.75, 3.05) is 13.2 Å². The molecule has 0 aliphatic carbocycles. The van der Waals surface area contributed by atoms with Gasteiger partial charge in [0.15, 0.2) is 0 Å². The quantitative estimate of drug-likeness (QED) is 0.730. The highest BCUT2D eigenvalue weighted by Gasteiger charge is 1.99. The van der Waals surface area contributed by atoms with Crippen LogP contribution < -0.4 is 10.1 Å². The molecule has 0 radical (unpaired) electrons. The van der Waals surface area contributed by atoms with Gasteiger partial charge in [0.1, 0.15) is 12.4 Å². The van der Waals surface area contributed by atoms with Gasteiger partial charge in [0, 0.05) is 12.6 Å². The van der Waals surface area contributed by atoms with Crippen LogP contribution in [-0.4, -0.2) is 19.2 Å². The van der Waals surface area contributed by atoms with Crippen molar-refractivity contribution in [2.24, 2.45) is 0 Å². The standard InChI is InChI=1S/C15H23NO/c1-5-14-7-6-8-15(9-14)17-11-13(4)10-16-12(2)3/h6-9,12,16H,4-5,10-11H2,1-3H3. The third-order valence-electron chi connectivity index (χ3n) is 2.51. The first-order chi connectivity index (χ1) is 8.11. The van der Waals surface area contributed by atoms with Gasteiger partial charge in [0.2, 0.25) is 0 Å². The molecule has 0 spiro atoms. The van der Waals surface area contributed by atoms with Gasteiger partial charge in [-0.1, -0.05) is 39.5 Å². The number of rotatable bonds is 7. The molecule has 0 saturated carbocycles. The average molecular weight is 233 g/mol. The van der Waals surface area contributed by atoms with E-state index in [2.05, 4.69) is 44.8 Å². The van der Waals surface area contributed by atoms with Crippen LogP contribution in [-0.2, 0) is 6.42 Å². The first-order valence-electron chi connectivity index (χ1n) is 6.23. The number of hydrogen-bond acceptors (Lipinski definition) is 2. The Kier molecular flexibility index (Phi) is 5.78. The van der Waals surface area contributed by atoms with Crippen molar-refractivity contribution in [3.05, 3.63) is 42.0 Å². The smallest absolute Gasteiger partial charge is 0.120 e. The number of aryl methyl sites for hydroxylation is 1. The summed E-state index contributed by atoms with van der Waals surface area (Å²) >= 11 is 0. The van der Waals surface area contributed by atoms with Gasteiger partial charge in [-0.2, -0.15) is 0 Å². The van der Waals surface area contributed by atoms with Crippen LogP contribution in [0.15, 0.2) is 36.4 Å². The molecule has 0 fully saturated rings. The van der Waals surface area contributed by atoms with Crippen molar-refractivity contribution >= 4 is 0 Å². The SMILES string of the molecule is C=C(CNC(C)C)COc1cccc(CC)c1. The molecule has 0 heterocycles. The van der Waals surface area contributed by atoms with Crippen LogP contribution in [0.3, 0.4) is 0 Å². The van der Waals surface area contributed by atoms with E-state index < -0.39 is 0 Å². The maximum atomic E-state index is 5.70. The molecule has 1 aromatic rings. The van der Waals surface area contributed by atoms with Crippen LogP contribution in [0.25, 0.3) is 0 Å². The van der Waals surface area contributed by atoms with Gasteiger partial charge in [-0.05, 0) is 29.7 Å². The first kappa shape index (κ1) is 13.8. The molecule has 94 valence electrons. The van der Waals surface area contributed by atoms with E-state index in [0.717, 1.165) is 24.3 Å². The summed E-state index contributed by atoms with van der Waals surface area (Å²) in [6, 6.07) is 8.70. The van der Waals surface area contributed by atoms with Crippen LogP contribution in [0.5, 0.6) is 5.75 Å². The molecule has 0 aliphatic heterocycles. The van der Waals surface area contributed by atoms with E-state index in [9.17, 15) is 0 Å². The molecule has 0 atom stereocenters. The number of ether oxygens (including phenoxy) is 1. The Balaban J connectivity index is 2.36. The van der Waals surface area contributed by atoms with Crippen molar-refractivity contribution in [3.63, 3.8) is 0 Å². The number of hydrogen-bond donors (Lipinski definition) is 1. The van der Waals surface area contributed by atoms with E-state index in [0.29, 0.717) is 12.6 Å². The van der Waals surface area contributed by atoms with Crippen molar-refractivity contribution in [3.8, 4) is 5.75 Å². The molecular weight excluding hydrogens is 210 g/mol. The van der Waals surface area contributed by atoms with E-state index >= 15 is 0 Å². The molecule has 17 heavy (non-hydrogen) atoms. The van der Waals surface area contributed by atoms with E-state index in [1.807, 2.05) is 12.1 Å². The number of nitrogens with one attached hydrogen (secondary N) is 1. The van der Waals surface area contributed by atoms with Crippen molar-refractivity contribution in [2.45, 2.75) is 33.2 Å². The largest absolute Gasteiger partial charge is 0.489 e. The number of benzene rings is 1. The molecular formula is C15H23NO. The zero-order valence-corrected chi connectivity index (χ0v) is 11.1. The van der Waals surface area contributed by atoms with Gasteiger partial charge < -0.3 is 10.1 Å². The van der Waals surface area contributed by atoms with Crippen LogP contribution >= 0.6 is 0 Å². The zero-order valence-electron chi connectivity index (χ0n) is 11.1. The second kappa shape index (κ2) is 7.13. The molecule has 0 bridgehead atoms. The lowest BCUT2D eigenvalue weighted by atomic mass is 10.2. The Bertz CT molecular complexity index is 358. The fraction of sp³-hybridized carbons (Fsp3) is 0.467. The summed E-state index contributed by atoms with van der Waals surface area (Å²) in [5.41, 5.74) is 2.37. The minimum atomic E-state index is 0.482. The summed E-state index contributed by atoms with van der Waals surface area (Å²) in [7, 11) is 0.